The van der Waals surface area contributed by atoms with Gasteiger partial charge in [-0.15, -0.1) is 0 Å². The third-order valence-corrected chi connectivity index (χ3v) is 2.04. The number of rotatable bonds is 10. The van der Waals surface area contributed by atoms with E-state index in [4.69, 9.17) is 9.47 Å². The van der Waals surface area contributed by atoms with Crippen molar-refractivity contribution in [3.8, 4) is 0 Å². The van der Waals surface area contributed by atoms with Gasteiger partial charge in [0, 0.05) is 18.9 Å². The quantitative estimate of drug-likeness (QED) is 0.577. The molecule has 0 unspecified atom stereocenters. The molecular weight excluding hydrogens is 222 g/mol. The summed E-state index contributed by atoms with van der Waals surface area (Å²) >= 11 is 0. The van der Waals surface area contributed by atoms with Crippen molar-refractivity contribution in [3.63, 3.8) is 0 Å². The van der Waals surface area contributed by atoms with E-state index >= 15 is 0 Å². The number of amides is 1. The largest absolute Gasteiger partial charge is 0.379 e. The first-order chi connectivity index (χ1) is 8.04. The van der Waals surface area contributed by atoms with Gasteiger partial charge in [-0.3, -0.25) is 9.59 Å². The monoisotopic (exact) mass is 245 g/mol. The van der Waals surface area contributed by atoms with Gasteiger partial charge in [0.2, 0.25) is 5.91 Å². The van der Waals surface area contributed by atoms with E-state index in [9.17, 15) is 9.59 Å². The molecule has 1 amide bonds. The Hall–Kier alpha value is -0.940. The summed E-state index contributed by atoms with van der Waals surface area (Å²) in [6.45, 7) is 7.64. The Bertz CT molecular complexity index is 229. The first-order valence-electron chi connectivity index (χ1n) is 5.96. The van der Waals surface area contributed by atoms with Gasteiger partial charge in [-0.2, -0.15) is 0 Å². The molecular formula is C12H23NO4. The van der Waals surface area contributed by atoms with E-state index in [1.54, 1.807) is 0 Å². The summed E-state index contributed by atoms with van der Waals surface area (Å²) in [6.07, 6.45) is 0.449. The molecule has 0 saturated carbocycles. The maximum Gasteiger partial charge on any atom is 0.222 e. The van der Waals surface area contributed by atoms with Crippen LogP contribution in [0.2, 0.25) is 0 Å². The van der Waals surface area contributed by atoms with Gasteiger partial charge >= 0.3 is 0 Å². The van der Waals surface area contributed by atoms with Crippen LogP contribution in [0, 0.1) is 5.92 Å². The van der Waals surface area contributed by atoms with Crippen LogP contribution in [0.1, 0.15) is 27.2 Å². The van der Waals surface area contributed by atoms with E-state index in [1.165, 1.54) is 6.92 Å². The van der Waals surface area contributed by atoms with E-state index < -0.39 is 0 Å². The Labute approximate surface area is 103 Å². The summed E-state index contributed by atoms with van der Waals surface area (Å²) in [4.78, 5) is 21.7. The third kappa shape index (κ3) is 11.3. The first kappa shape index (κ1) is 16.1. The number of nitrogens with one attached hydrogen (secondary N) is 1. The maximum absolute atomic E-state index is 11.2. The molecule has 0 aliphatic heterocycles. The fraction of sp³-hybridized carbons (Fsp3) is 0.833. The predicted octanol–water partition coefficient (Wildman–Crippen LogP) is 0.771. The van der Waals surface area contributed by atoms with Crippen molar-refractivity contribution in [3.05, 3.63) is 0 Å². The van der Waals surface area contributed by atoms with Crippen molar-refractivity contribution in [1.29, 1.82) is 0 Å². The van der Waals surface area contributed by atoms with Crippen LogP contribution in [0.3, 0.4) is 0 Å². The molecule has 0 aromatic rings. The molecule has 0 radical (unpaired) electrons. The Morgan fingerprint density at radius 1 is 1.06 bits per heavy atom. The van der Waals surface area contributed by atoms with E-state index in [0.717, 1.165) is 0 Å². The molecule has 100 valence electrons. The van der Waals surface area contributed by atoms with Gasteiger partial charge in [-0.1, -0.05) is 13.8 Å². The molecule has 17 heavy (non-hydrogen) atoms. The molecule has 0 aromatic carbocycles. The highest BCUT2D eigenvalue weighted by Crippen LogP contribution is 1.89. The van der Waals surface area contributed by atoms with Crippen LogP contribution in [-0.2, 0) is 19.1 Å². The minimum Gasteiger partial charge on any atom is -0.379 e. The van der Waals surface area contributed by atoms with Gasteiger partial charge < -0.3 is 14.8 Å². The summed E-state index contributed by atoms with van der Waals surface area (Å²) in [7, 11) is 0. The van der Waals surface area contributed by atoms with E-state index in [-0.39, 0.29) is 17.6 Å². The number of hydrogen-bond donors (Lipinski definition) is 1. The van der Waals surface area contributed by atoms with Crippen LogP contribution < -0.4 is 5.32 Å². The highest BCUT2D eigenvalue weighted by atomic mass is 16.5. The summed E-state index contributed by atoms with van der Waals surface area (Å²) in [5, 5.41) is 2.75. The second-order valence-electron chi connectivity index (χ2n) is 4.12. The number of Topliss-reactive ketones (excluding diaryl/α,β-unsaturated/α-hetero) is 1. The second-order valence-corrected chi connectivity index (χ2v) is 4.12. The molecule has 0 rings (SSSR count). The van der Waals surface area contributed by atoms with Crippen molar-refractivity contribution in [2.45, 2.75) is 27.2 Å². The molecule has 0 aliphatic carbocycles. The molecule has 0 heterocycles. The summed E-state index contributed by atoms with van der Waals surface area (Å²) < 4.78 is 10.4. The van der Waals surface area contributed by atoms with Gasteiger partial charge in [-0.25, -0.2) is 0 Å². The number of carbonyl (C=O) groups excluding carboxylic acids is 2. The fourth-order valence-corrected chi connectivity index (χ4v) is 0.988. The Morgan fingerprint density at radius 3 is 2.18 bits per heavy atom. The Balaban J connectivity index is 3.14. The lowest BCUT2D eigenvalue weighted by Gasteiger charge is -2.08. The zero-order valence-electron chi connectivity index (χ0n) is 11.0. The molecule has 5 nitrogen and oxygen atoms in total. The average Bonchev–Trinajstić information content (AvgIpc) is 2.25. The summed E-state index contributed by atoms with van der Waals surface area (Å²) in [5.41, 5.74) is 0. The Kier molecular flexibility index (Phi) is 9.66. The highest BCUT2D eigenvalue weighted by molar-refractivity contribution is 5.77. The lowest BCUT2D eigenvalue weighted by Crippen LogP contribution is -2.31. The smallest absolute Gasteiger partial charge is 0.222 e. The lowest BCUT2D eigenvalue weighted by atomic mass is 10.2. The van der Waals surface area contributed by atoms with Crippen molar-refractivity contribution < 1.29 is 19.1 Å². The van der Waals surface area contributed by atoms with Crippen molar-refractivity contribution in [2.75, 3.05) is 33.0 Å². The van der Waals surface area contributed by atoms with Crippen LogP contribution in [-0.4, -0.2) is 44.7 Å². The zero-order chi connectivity index (χ0) is 13.1. The topological polar surface area (TPSA) is 64.6 Å². The number of ketones is 1. The standard InChI is InChI=1S/C12H23NO4/c1-10(2)12(15)13-5-7-17-9-8-16-6-4-11(3)14/h10H,4-9H2,1-3H3,(H,13,15). The zero-order valence-corrected chi connectivity index (χ0v) is 11.0. The summed E-state index contributed by atoms with van der Waals surface area (Å²) in [5.74, 6) is 0.165. The fourth-order valence-electron chi connectivity index (χ4n) is 0.988. The predicted molar refractivity (Wildman–Crippen MR) is 64.8 cm³/mol. The molecule has 0 spiro atoms. The van der Waals surface area contributed by atoms with Crippen molar-refractivity contribution in [1.82, 2.24) is 5.32 Å². The average molecular weight is 245 g/mol. The van der Waals surface area contributed by atoms with Gasteiger partial charge in [-0.05, 0) is 6.92 Å². The van der Waals surface area contributed by atoms with Crippen LogP contribution in [0.25, 0.3) is 0 Å². The molecule has 0 fully saturated rings. The second kappa shape index (κ2) is 10.2. The first-order valence-corrected chi connectivity index (χ1v) is 5.96. The van der Waals surface area contributed by atoms with Crippen LogP contribution in [0.15, 0.2) is 0 Å². The highest BCUT2D eigenvalue weighted by Gasteiger charge is 2.04. The number of hydrogen-bond acceptors (Lipinski definition) is 4. The number of ether oxygens (including phenoxy) is 2. The molecule has 0 saturated heterocycles. The minimum atomic E-state index is 0.00455. The van der Waals surface area contributed by atoms with Gasteiger partial charge in [0.15, 0.2) is 0 Å². The minimum absolute atomic E-state index is 0.00455. The number of carbonyl (C=O) groups is 2. The van der Waals surface area contributed by atoms with Crippen molar-refractivity contribution >= 4 is 11.7 Å². The van der Waals surface area contributed by atoms with E-state index in [1.807, 2.05) is 13.8 Å². The molecule has 0 aliphatic rings. The van der Waals surface area contributed by atoms with Crippen molar-refractivity contribution in [2.24, 2.45) is 5.92 Å². The molecule has 0 atom stereocenters. The Morgan fingerprint density at radius 2 is 1.65 bits per heavy atom. The third-order valence-electron chi connectivity index (χ3n) is 2.04. The van der Waals surface area contributed by atoms with Gasteiger partial charge in [0.1, 0.15) is 5.78 Å². The molecule has 0 aromatic heterocycles. The summed E-state index contributed by atoms with van der Waals surface area (Å²) in [6, 6.07) is 0. The molecule has 0 bridgehead atoms. The lowest BCUT2D eigenvalue weighted by molar-refractivity contribution is -0.124. The van der Waals surface area contributed by atoms with E-state index in [0.29, 0.717) is 39.4 Å². The van der Waals surface area contributed by atoms with Crippen LogP contribution in [0.5, 0.6) is 0 Å². The normalized spacial score (nSPS) is 10.6. The van der Waals surface area contributed by atoms with Crippen LogP contribution in [0.4, 0.5) is 0 Å². The molecule has 1 N–H and O–H groups in total. The van der Waals surface area contributed by atoms with Crippen LogP contribution >= 0.6 is 0 Å². The maximum atomic E-state index is 11.2. The van der Waals surface area contributed by atoms with E-state index in [2.05, 4.69) is 5.32 Å². The SMILES string of the molecule is CC(=O)CCOCCOCCNC(=O)C(C)C. The van der Waals surface area contributed by atoms with Gasteiger partial charge in [0.05, 0.1) is 26.4 Å². The van der Waals surface area contributed by atoms with Gasteiger partial charge in [0.25, 0.3) is 0 Å². The molecule has 5 heteroatoms.